The van der Waals surface area contributed by atoms with Gasteiger partial charge in [-0.3, -0.25) is 0 Å². The lowest BCUT2D eigenvalue weighted by molar-refractivity contribution is 0.354. The van der Waals surface area contributed by atoms with Crippen LogP contribution in [-0.4, -0.2) is 20.2 Å². The van der Waals surface area contributed by atoms with E-state index < -0.39 is 0 Å². The predicted molar refractivity (Wildman–Crippen MR) is 106 cm³/mol. The average molecular weight is 349 g/mol. The van der Waals surface area contributed by atoms with Crippen LogP contribution in [0.3, 0.4) is 0 Å². The van der Waals surface area contributed by atoms with E-state index in [9.17, 15) is 0 Å². The minimum absolute atomic E-state index is 0.410. The summed E-state index contributed by atoms with van der Waals surface area (Å²) in [5, 5.41) is 5.62. The van der Waals surface area contributed by atoms with E-state index >= 15 is 0 Å². The Morgan fingerprint density at radius 3 is 2.54 bits per heavy atom. The molecular weight excluding hydrogens is 326 g/mol. The molecule has 0 aliphatic rings. The second-order valence-electron chi connectivity index (χ2n) is 5.88. The van der Waals surface area contributed by atoms with Crippen molar-refractivity contribution < 1.29 is 9.47 Å². The number of nitrogens with zero attached hydrogens (tertiary/aromatic N) is 1. The van der Waals surface area contributed by atoms with Crippen molar-refractivity contribution in [2.24, 2.45) is 10.7 Å². The maximum absolute atomic E-state index is 6.02. The fraction of sp³-hybridized carbons (Fsp3) is 0.190. The van der Waals surface area contributed by atoms with Crippen LogP contribution in [-0.2, 0) is 13.1 Å². The average Bonchev–Trinajstić information content (AvgIpc) is 2.70. The van der Waals surface area contributed by atoms with Gasteiger partial charge in [-0.15, -0.1) is 0 Å². The Morgan fingerprint density at radius 1 is 0.962 bits per heavy atom. The highest BCUT2D eigenvalue weighted by molar-refractivity contribution is 5.86. The third-order valence-electron chi connectivity index (χ3n) is 4.22. The quantitative estimate of drug-likeness (QED) is 0.528. The number of fused-ring (bicyclic) bond motifs is 1. The molecule has 0 bridgehead atoms. The van der Waals surface area contributed by atoms with E-state index in [2.05, 4.69) is 40.6 Å². The predicted octanol–water partition coefficient (Wildman–Crippen LogP) is 3.46. The number of benzene rings is 3. The van der Waals surface area contributed by atoms with Crippen molar-refractivity contribution >= 4 is 16.7 Å². The highest BCUT2D eigenvalue weighted by Gasteiger charge is 2.05. The lowest BCUT2D eigenvalue weighted by atomic mass is 10.0. The Labute approximate surface area is 153 Å². The number of nitrogens with two attached hydrogens (primary N) is 1. The summed E-state index contributed by atoms with van der Waals surface area (Å²) in [5.74, 6) is 1.79. The maximum Gasteiger partial charge on any atom is 0.189 e. The first-order valence-corrected chi connectivity index (χ1v) is 8.42. The van der Waals surface area contributed by atoms with Gasteiger partial charge in [0, 0.05) is 6.54 Å². The van der Waals surface area contributed by atoms with Gasteiger partial charge < -0.3 is 20.5 Å². The van der Waals surface area contributed by atoms with Gasteiger partial charge in [-0.25, -0.2) is 4.99 Å². The van der Waals surface area contributed by atoms with Crippen molar-refractivity contribution in [3.63, 3.8) is 0 Å². The van der Waals surface area contributed by atoms with E-state index in [-0.39, 0.29) is 0 Å². The SMILES string of the molecule is COc1ccc(CN=C(N)NCc2cccc3ccccc23)cc1OC. The first-order chi connectivity index (χ1) is 12.7. The summed E-state index contributed by atoms with van der Waals surface area (Å²) in [6.45, 7) is 1.09. The van der Waals surface area contributed by atoms with Crippen molar-refractivity contribution in [1.29, 1.82) is 0 Å². The lowest BCUT2D eigenvalue weighted by Crippen LogP contribution is -2.31. The monoisotopic (exact) mass is 349 g/mol. The Morgan fingerprint density at radius 2 is 1.73 bits per heavy atom. The summed E-state index contributed by atoms with van der Waals surface area (Å²) in [5.41, 5.74) is 8.21. The molecule has 0 radical (unpaired) electrons. The summed E-state index contributed by atoms with van der Waals surface area (Å²) in [4.78, 5) is 4.41. The van der Waals surface area contributed by atoms with Crippen LogP contribution in [0.5, 0.6) is 11.5 Å². The van der Waals surface area contributed by atoms with Crippen LogP contribution in [0.25, 0.3) is 10.8 Å². The normalized spacial score (nSPS) is 11.4. The van der Waals surface area contributed by atoms with Crippen molar-refractivity contribution in [2.75, 3.05) is 14.2 Å². The zero-order valence-electron chi connectivity index (χ0n) is 15.0. The largest absolute Gasteiger partial charge is 0.493 e. The van der Waals surface area contributed by atoms with Gasteiger partial charge in [0.25, 0.3) is 0 Å². The van der Waals surface area contributed by atoms with Gasteiger partial charge in [0.05, 0.1) is 20.8 Å². The number of hydrogen-bond acceptors (Lipinski definition) is 3. The summed E-state index contributed by atoms with van der Waals surface area (Å²) >= 11 is 0. The van der Waals surface area contributed by atoms with E-state index in [1.807, 2.05) is 30.3 Å². The lowest BCUT2D eigenvalue weighted by Gasteiger charge is -2.10. The Bertz CT molecular complexity index is 917. The third-order valence-corrected chi connectivity index (χ3v) is 4.22. The van der Waals surface area contributed by atoms with Crippen LogP contribution in [0.4, 0.5) is 0 Å². The van der Waals surface area contributed by atoms with Gasteiger partial charge in [0.15, 0.2) is 17.5 Å². The molecule has 134 valence electrons. The molecule has 0 saturated carbocycles. The number of guanidine groups is 1. The number of nitrogens with one attached hydrogen (secondary N) is 1. The van der Waals surface area contributed by atoms with Crippen LogP contribution in [0, 0.1) is 0 Å². The summed E-state index contributed by atoms with van der Waals surface area (Å²) in [7, 11) is 3.23. The van der Waals surface area contributed by atoms with Gasteiger partial charge in [-0.2, -0.15) is 0 Å². The van der Waals surface area contributed by atoms with Gasteiger partial charge >= 0.3 is 0 Å². The molecule has 5 nitrogen and oxygen atoms in total. The fourth-order valence-electron chi connectivity index (χ4n) is 2.84. The van der Waals surface area contributed by atoms with Crippen LogP contribution in [0.1, 0.15) is 11.1 Å². The van der Waals surface area contributed by atoms with Crippen molar-refractivity contribution in [3.8, 4) is 11.5 Å². The number of ether oxygens (including phenoxy) is 2. The van der Waals surface area contributed by atoms with E-state index in [4.69, 9.17) is 15.2 Å². The fourth-order valence-corrected chi connectivity index (χ4v) is 2.84. The standard InChI is InChI=1S/C21H23N3O2/c1-25-19-11-10-15(12-20(19)26-2)13-23-21(22)24-14-17-8-5-7-16-6-3-4-9-18(16)17/h3-12H,13-14H2,1-2H3,(H3,22,23,24). The number of methoxy groups -OCH3 is 2. The van der Waals surface area contributed by atoms with Crippen molar-refractivity contribution in [1.82, 2.24) is 5.32 Å². The molecule has 3 N–H and O–H groups in total. The summed E-state index contributed by atoms with van der Waals surface area (Å²) in [6.07, 6.45) is 0. The zero-order chi connectivity index (χ0) is 18.4. The van der Waals surface area contributed by atoms with Crippen molar-refractivity contribution in [2.45, 2.75) is 13.1 Å². The molecule has 0 unspecified atom stereocenters. The van der Waals surface area contributed by atoms with Crippen molar-refractivity contribution in [3.05, 3.63) is 71.8 Å². The van der Waals surface area contributed by atoms with Crippen LogP contribution < -0.4 is 20.5 Å². The topological polar surface area (TPSA) is 68.9 Å². The molecule has 26 heavy (non-hydrogen) atoms. The first-order valence-electron chi connectivity index (χ1n) is 8.42. The van der Waals surface area contributed by atoms with Gasteiger partial charge in [-0.05, 0) is 34.0 Å². The molecule has 0 aliphatic carbocycles. The van der Waals surface area contributed by atoms with E-state index in [0.717, 1.165) is 5.56 Å². The molecule has 3 aromatic rings. The van der Waals surface area contributed by atoms with E-state index in [1.54, 1.807) is 14.2 Å². The molecule has 0 fully saturated rings. The Balaban J connectivity index is 1.65. The highest BCUT2D eigenvalue weighted by atomic mass is 16.5. The molecule has 3 rings (SSSR count). The van der Waals surface area contributed by atoms with Gasteiger partial charge in [0.1, 0.15) is 0 Å². The van der Waals surface area contributed by atoms with E-state index in [1.165, 1.54) is 16.3 Å². The second-order valence-corrected chi connectivity index (χ2v) is 5.88. The molecule has 0 aliphatic heterocycles. The Hall–Kier alpha value is -3.21. The summed E-state index contributed by atoms with van der Waals surface area (Å²) in [6, 6.07) is 20.3. The van der Waals surface area contributed by atoms with Crippen LogP contribution in [0.2, 0.25) is 0 Å². The number of aliphatic imine (C=N–C) groups is 1. The highest BCUT2D eigenvalue weighted by Crippen LogP contribution is 2.27. The number of hydrogen-bond donors (Lipinski definition) is 2. The number of rotatable bonds is 6. The molecule has 0 amide bonds. The van der Waals surface area contributed by atoms with Crippen LogP contribution >= 0.6 is 0 Å². The molecule has 0 spiro atoms. The Kier molecular flexibility index (Phi) is 5.59. The minimum atomic E-state index is 0.410. The molecule has 0 atom stereocenters. The van der Waals surface area contributed by atoms with E-state index in [0.29, 0.717) is 30.5 Å². The zero-order valence-corrected chi connectivity index (χ0v) is 15.0. The smallest absolute Gasteiger partial charge is 0.189 e. The molecule has 0 aromatic heterocycles. The molecule has 3 aromatic carbocycles. The molecular formula is C21H23N3O2. The summed E-state index contributed by atoms with van der Waals surface area (Å²) < 4.78 is 10.6. The molecule has 0 heterocycles. The third kappa shape index (κ3) is 4.06. The molecule has 5 heteroatoms. The second kappa shape index (κ2) is 8.25. The first kappa shape index (κ1) is 17.6. The van der Waals surface area contributed by atoms with Gasteiger partial charge in [-0.1, -0.05) is 48.5 Å². The molecule has 0 saturated heterocycles. The minimum Gasteiger partial charge on any atom is -0.493 e. The van der Waals surface area contributed by atoms with Crippen LogP contribution in [0.15, 0.2) is 65.7 Å². The van der Waals surface area contributed by atoms with Gasteiger partial charge in [0.2, 0.25) is 0 Å². The maximum atomic E-state index is 6.02.